The molecule has 0 aliphatic rings. The lowest BCUT2D eigenvalue weighted by molar-refractivity contribution is -0.135. The largest absolute Gasteiger partial charge is 0.339 e. The number of carbonyl (C=O) groups excluding carboxylic acids is 1. The van der Waals surface area contributed by atoms with Gasteiger partial charge in [0.25, 0.3) is 0 Å². The van der Waals surface area contributed by atoms with E-state index in [2.05, 4.69) is 0 Å². The smallest absolute Gasteiger partial charge is 0.225 e. The number of hydrogen-bond donors (Lipinski definition) is 1. The Bertz CT molecular complexity index is 405. The maximum Gasteiger partial charge on any atom is 0.225 e. The molecule has 0 radical (unpaired) electrons. The first-order valence-corrected chi connectivity index (χ1v) is 6.69. The third-order valence-corrected chi connectivity index (χ3v) is 3.54. The quantitative estimate of drug-likeness (QED) is 0.860. The summed E-state index contributed by atoms with van der Waals surface area (Å²) in [6, 6.07) is 6.21. The number of nitrogens with two attached hydrogens (primary N) is 1. The molecule has 0 aliphatic carbocycles. The topological polar surface area (TPSA) is 46.3 Å². The first-order valence-electron chi connectivity index (χ1n) is 6.69. The van der Waals surface area contributed by atoms with Crippen LogP contribution < -0.4 is 5.73 Å². The summed E-state index contributed by atoms with van der Waals surface area (Å²) in [5.74, 6) is -0.192. The van der Waals surface area contributed by atoms with Gasteiger partial charge in [0.05, 0.1) is 6.04 Å². The summed E-state index contributed by atoms with van der Waals surface area (Å²) >= 11 is 0. The van der Waals surface area contributed by atoms with Crippen LogP contribution in [0.25, 0.3) is 0 Å². The van der Waals surface area contributed by atoms with E-state index in [0.717, 1.165) is 18.4 Å². The van der Waals surface area contributed by atoms with Crippen molar-refractivity contribution in [3.8, 4) is 0 Å². The summed E-state index contributed by atoms with van der Waals surface area (Å²) in [7, 11) is 1.79. The fourth-order valence-corrected chi connectivity index (χ4v) is 2.05. The summed E-state index contributed by atoms with van der Waals surface area (Å²) < 4.78 is 12.9. The molecule has 2 unspecified atom stereocenters. The normalized spacial score (nSPS) is 13.9. The number of benzene rings is 1. The van der Waals surface area contributed by atoms with Gasteiger partial charge in [-0.15, -0.1) is 0 Å². The molecule has 0 bridgehead atoms. The number of nitrogens with zero attached hydrogens (tertiary/aromatic N) is 1. The molecular weight excluding hydrogens is 243 g/mol. The van der Waals surface area contributed by atoms with Gasteiger partial charge in [-0.3, -0.25) is 4.79 Å². The van der Waals surface area contributed by atoms with Gasteiger partial charge < -0.3 is 10.6 Å². The predicted octanol–water partition coefficient (Wildman–Crippen LogP) is 2.72. The first-order chi connectivity index (χ1) is 8.97. The highest BCUT2D eigenvalue weighted by molar-refractivity contribution is 5.78. The van der Waals surface area contributed by atoms with Crippen molar-refractivity contribution in [1.29, 1.82) is 0 Å². The van der Waals surface area contributed by atoms with Crippen LogP contribution in [0.1, 0.15) is 38.3 Å². The number of rotatable bonds is 6. The van der Waals surface area contributed by atoms with Crippen molar-refractivity contribution in [3.05, 3.63) is 35.6 Å². The summed E-state index contributed by atoms with van der Waals surface area (Å²) in [6.45, 7) is 4.47. The number of hydrogen-bond acceptors (Lipinski definition) is 2. The van der Waals surface area contributed by atoms with Crippen LogP contribution in [0.2, 0.25) is 0 Å². The fourth-order valence-electron chi connectivity index (χ4n) is 2.05. The summed E-state index contributed by atoms with van der Waals surface area (Å²) in [5.41, 5.74) is 6.39. The Hall–Kier alpha value is -1.42. The molecule has 1 aromatic carbocycles. The third kappa shape index (κ3) is 4.31. The van der Waals surface area contributed by atoms with E-state index in [1.54, 1.807) is 24.1 Å². The lowest BCUT2D eigenvalue weighted by atomic mass is 10.0. The van der Waals surface area contributed by atoms with E-state index in [4.69, 9.17) is 5.73 Å². The maximum absolute atomic E-state index is 12.9. The van der Waals surface area contributed by atoms with E-state index in [0.29, 0.717) is 6.54 Å². The Kier molecular flexibility index (Phi) is 5.96. The molecule has 1 aromatic rings. The Balaban J connectivity index is 2.67. The minimum Gasteiger partial charge on any atom is -0.339 e. The highest BCUT2D eigenvalue weighted by Crippen LogP contribution is 2.21. The van der Waals surface area contributed by atoms with Crippen molar-refractivity contribution < 1.29 is 9.18 Å². The molecule has 4 heteroatoms. The molecule has 0 spiro atoms. The van der Waals surface area contributed by atoms with Crippen LogP contribution in [0.5, 0.6) is 0 Å². The lowest BCUT2D eigenvalue weighted by Gasteiger charge is -2.28. The van der Waals surface area contributed by atoms with Crippen molar-refractivity contribution in [3.63, 3.8) is 0 Å². The molecule has 2 atom stereocenters. The maximum atomic E-state index is 12.9. The van der Waals surface area contributed by atoms with Crippen molar-refractivity contribution in [1.82, 2.24) is 4.90 Å². The number of carbonyl (C=O) groups is 1. The van der Waals surface area contributed by atoms with Gasteiger partial charge >= 0.3 is 0 Å². The number of halogens is 1. The van der Waals surface area contributed by atoms with Crippen LogP contribution in [0.3, 0.4) is 0 Å². The third-order valence-electron chi connectivity index (χ3n) is 3.54. The van der Waals surface area contributed by atoms with Crippen LogP contribution in [0.4, 0.5) is 4.39 Å². The molecule has 0 heterocycles. The van der Waals surface area contributed by atoms with Crippen LogP contribution in [0, 0.1) is 11.7 Å². The molecule has 0 saturated heterocycles. The van der Waals surface area contributed by atoms with Crippen molar-refractivity contribution >= 4 is 5.91 Å². The van der Waals surface area contributed by atoms with Crippen molar-refractivity contribution in [2.24, 2.45) is 11.7 Å². The van der Waals surface area contributed by atoms with Crippen molar-refractivity contribution in [2.45, 2.75) is 32.7 Å². The van der Waals surface area contributed by atoms with E-state index in [1.807, 2.05) is 13.8 Å². The minimum absolute atomic E-state index is 0.0311. The Morgan fingerprint density at radius 2 is 1.89 bits per heavy atom. The van der Waals surface area contributed by atoms with Gasteiger partial charge in [0.15, 0.2) is 0 Å². The zero-order valence-electron chi connectivity index (χ0n) is 11.9. The molecule has 106 valence electrons. The molecule has 0 saturated carbocycles. The van der Waals surface area contributed by atoms with E-state index >= 15 is 0 Å². The standard InChI is InChI=1S/C15H23FN2O/c1-11(5-4-10-17)15(19)18(3)12(2)13-6-8-14(16)9-7-13/h6-9,11-12H,4-5,10,17H2,1-3H3. The van der Waals surface area contributed by atoms with E-state index in [1.165, 1.54) is 12.1 Å². The first kappa shape index (κ1) is 15.6. The molecule has 2 N–H and O–H groups in total. The zero-order chi connectivity index (χ0) is 14.4. The van der Waals surface area contributed by atoms with E-state index in [-0.39, 0.29) is 23.7 Å². The monoisotopic (exact) mass is 266 g/mol. The van der Waals surface area contributed by atoms with Gasteiger partial charge in [0.2, 0.25) is 5.91 Å². The molecule has 3 nitrogen and oxygen atoms in total. The Morgan fingerprint density at radius 1 is 1.32 bits per heavy atom. The molecule has 19 heavy (non-hydrogen) atoms. The molecular formula is C15H23FN2O. The second-order valence-corrected chi connectivity index (χ2v) is 5.01. The average molecular weight is 266 g/mol. The number of amides is 1. The molecule has 0 aromatic heterocycles. The summed E-state index contributed by atoms with van der Waals surface area (Å²) in [4.78, 5) is 14.0. The van der Waals surface area contributed by atoms with Crippen LogP contribution in [-0.2, 0) is 4.79 Å². The van der Waals surface area contributed by atoms with Gasteiger partial charge in [-0.2, -0.15) is 0 Å². The zero-order valence-corrected chi connectivity index (χ0v) is 11.9. The average Bonchev–Trinajstić information content (AvgIpc) is 2.43. The molecule has 1 rings (SSSR count). The fraction of sp³-hybridized carbons (Fsp3) is 0.533. The molecule has 0 aliphatic heterocycles. The lowest BCUT2D eigenvalue weighted by Crippen LogP contribution is -2.34. The van der Waals surface area contributed by atoms with Gasteiger partial charge in [-0.1, -0.05) is 19.1 Å². The van der Waals surface area contributed by atoms with E-state index in [9.17, 15) is 9.18 Å². The Morgan fingerprint density at radius 3 is 2.42 bits per heavy atom. The van der Waals surface area contributed by atoms with E-state index < -0.39 is 0 Å². The van der Waals surface area contributed by atoms with Crippen LogP contribution in [-0.4, -0.2) is 24.4 Å². The van der Waals surface area contributed by atoms with Gasteiger partial charge in [0.1, 0.15) is 5.82 Å². The highest BCUT2D eigenvalue weighted by atomic mass is 19.1. The van der Waals surface area contributed by atoms with Gasteiger partial charge in [-0.05, 0) is 44.0 Å². The van der Waals surface area contributed by atoms with Crippen LogP contribution in [0.15, 0.2) is 24.3 Å². The van der Waals surface area contributed by atoms with Gasteiger partial charge in [-0.25, -0.2) is 4.39 Å². The Labute approximate surface area is 114 Å². The second-order valence-electron chi connectivity index (χ2n) is 5.01. The summed E-state index contributed by atoms with van der Waals surface area (Å²) in [5, 5.41) is 0. The predicted molar refractivity (Wildman–Crippen MR) is 75.0 cm³/mol. The highest BCUT2D eigenvalue weighted by Gasteiger charge is 2.22. The van der Waals surface area contributed by atoms with Crippen molar-refractivity contribution in [2.75, 3.05) is 13.6 Å². The van der Waals surface area contributed by atoms with Crippen LogP contribution >= 0.6 is 0 Å². The molecule has 0 fully saturated rings. The van der Waals surface area contributed by atoms with Gasteiger partial charge in [0, 0.05) is 13.0 Å². The second kappa shape index (κ2) is 7.24. The minimum atomic E-state index is -0.263. The SMILES string of the molecule is CC(CCCN)C(=O)N(C)C(C)c1ccc(F)cc1. The molecule has 1 amide bonds. The summed E-state index contributed by atoms with van der Waals surface area (Å²) in [6.07, 6.45) is 1.65.